The largest absolute Gasteiger partial charge is 0.496 e. The average Bonchev–Trinajstić information content (AvgIpc) is 3.61. The Morgan fingerprint density at radius 2 is 1.69 bits per heavy atom. The van der Waals surface area contributed by atoms with Crippen molar-refractivity contribution in [2.24, 2.45) is 0 Å². The topological polar surface area (TPSA) is 141 Å². The molecular formula is C32H26F2N4O6S. The van der Waals surface area contributed by atoms with E-state index in [0.29, 0.717) is 33.4 Å². The molecule has 6 aromatic rings. The smallest absolute Gasteiger partial charge is 0.255 e. The molecule has 0 spiro atoms. The van der Waals surface area contributed by atoms with Gasteiger partial charge in [-0.25, -0.2) is 22.2 Å². The van der Waals surface area contributed by atoms with Gasteiger partial charge in [-0.05, 0) is 54.1 Å². The molecule has 0 radical (unpaired) electrons. The Morgan fingerprint density at radius 1 is 0.978 bits per heavy atom. The predicted molar refractivity (Wildman–Crippen MR) is 168 cm³/mol. The number of nitrogens with zero attached hydrogens (tertiary/aromatic N) is 2. The number of ether oxygens (including phenoxy) is 1. The van der Waals surface area contributed by atoms with Crippen LogP contribution in [0.2, 0.25) is 0 Å². The van der Waals surface area contributed by atoms with Gasteiger partial charge in [0.15, 0.2) is 11.4 Å². The van der Waals surface area contributed by atoms with E-state index in [1.54, 1.807) is 24.3 Å². The maximum Gasteiger partial charge on any atom is 0.255 e. The van der Waals surface area contributed by atoms with Crippen molar-refractivity contribution in [3.63, 3.8) is 0 Å². The van der Waals surface area contributed by atoms with Gasteiger partial charge in [0.25, 0.3) is 5.91 Å². The standard InChI is InChI=1S/C32H26F2N4O6S/c1-36-31(39)28-21-14-20(25(38(2)45(4,40)41)15-27(21)43-29(28)16-5-8-18(33)9-6-16)17-7-10-26(42-3)22(11-17)32-37-24-13-19(35)12-23(34)30(24)44-32/h5-15H,35H2,1-4H3,(H,36,39). The van der Waals surface area contributed by atoms with Gasteiger partial charge in [-0.3, -0.25) is 9.10 Å². The monoisotopic (exact) mass is 632 g/mol. The first-order valence-electron chi connectivity index (χ1n) is 13.5. The predicted octanol–water partition coefficient (Wildman–Crippen LogP) is 6.20. The second kappa shape index (κ2) is 10.9. The van der Waals surface area contributed by atoms with Crippen LogP contribution in [0.15, 0.2) is 75.6 Å². The van der Waals surface area contributed by atoms with E-state index in [1.165, 1.54) is 57.6 Å². The maximum atomic E-state index is 14.6. The van der Waals surface area contributed by atoms with Crippen molar-refractivity contribution in [2.45, 2.75) is 0 Å². The van der Waals surface area contributed by atoms with Crippen LogP contribution in [-0.4, -0.2) is 46.8 Å². The van der Waals surface area contributed by atoms with Gasteiger partial charge < -0.3 is 24.6 Å². The Bertz CT molecular complexity index is 2240. The highest BCUT2D eigenvalue weighted by atomic mass is 32.2. The van der Waals surface area contributed by atoms with Gasteiger partial charge in [0.1, 0.15) is 28.4 Å². The summed E-state index contributed by atoms with van der Waals surface area (Å²) < 4.78 is 72.4. The number of carbonyl (C=O) groups excluding carboxylic acids is 1. The van der Waals surface area contributed by atoms with E-state index in [0.717, 1.165) is 16.6 Å². The molecule has 0 atom stereocenters. The lowest BCUT2D eigenvalue weighted by atomic mass is 9.97. The molecule has 0 bridgehead atoms. The highest BCUT2D eigenvalue weighted by Gasteiger charge is 2.27. The number of methoxy groups -OCH3 is 1. The number of nitrogens with one attached hydrogen (secondary N) is 1. The number of hydrogen-bond acceptors (Lipinski definition) is 8. The molecule has 10 nitrogen and oxygen atoms in total. The number of sulfonamides is 1. The van der Waals surface area contributed by atoms with Crippen LogP contribution in [0.4, 0.5) is 20.2 Å². The molecule has 13 heteroatoms. The van der Waals surface area contributed by atoms with E-state index >= 15 is 0 Å². The molecule has 0 unspecified atom stereocenters. The highest BCUT2D eigenvalue weighted by Crippen LogP contribution is 2.43. The van der Waals surface area contributed by atoms with Crippen molar-refractivity contribution >= 4 is 49.4 Å². The molecule has 4 aromatic carbocycles. The third-order valence-electron chi connectivity index (χ3n) is 7.41. The summed E-state index contributed by atoms with van der Waals surface area (Å²) in [6.07, 6.45) is 1.06. The third kappa shape index (κ3) is 5.20. The number of nitrogens with two attached hydrogens (primary N) is 1. The Hall–Kier alpha value is -5.43. The molecule has 2 heterocycles. The fourth-order valence-electron chi connectivity index (χ4n) is 5.13. The minimum absolute atomic E-state index is 0.0419. The van der Waals surface area contributed by atoms with Gasteiger partial charge in [0.05, 0.1) is 30.2 Å². The van der Waals surface area contributed by atoms with Crippen LogP contribution in [0.1, 0.15) is 10.4 Å². The minimum Gasteiger partial charge on any atom is -0.496 e. The summed E-state index contributed by atoms with van der Waals surface area (Å²) in [7, 11) is 0.533. The molecule has 0 aliphatic carbocycles. The summed E-state index contributed by atoms with van der Waals surface area (Å²) in [5.41, 5.74) is 8.41. The second-order valence-electron chi connectivity index (χ2n) is 10.3. The molecule has 45 heavy (non-hydrogen) atoms. The van der Waals surface area contributed by atoms with E-state index in [2.05, 4.69) is 10.3 Å². The Labute approximate surface area is 256 Å². The number of benzene rings is 4. The fourth-order valence-corrected chi connectivity index (χ4v) is 5.64. The minimum atomic E-state index is -3.78. The maximum absolute atomic E-state index is 14.6. The van der Waals surface area contributed by atoms with Crippen LogP contribution in [-0.2, 0) is 10.0 Å². The van der Waals surface area contributed by atoms with Gasteiger partial charge in [-0.2, -0.15) is 0 Å². The number of halogens is 2. The molecule has 2 aromatic heterocycles. The fraction of sp³-hybridized carbons (Fsp3) is 0.125. The first kappa shape index (κ1) is 29.6. The van der Waals surface area contributed by atoms with Crippen LogP contribution in [0.25, 0.3) is 56.0 Å². The Kier molecular flexibility index (Phi) is 7.20. The third-order valence-corrected chi connectivity index (χ3v) is 8.60. The van der Waals surface area contributed by atoms with Crippen LogP contribution in [0.3, 0.4) is 0 Å². The van der Waals surface area contributed by atoms with Crippen molar-refractivity contribution in [2.75, 3.05) is 37.5 Å². The van der Waals surface area contributed by atoms with Gasteiger partial charge in [0.2, 0.25) is 15.9 Å². The lowest BCUT2D eigenvalue weighted by Gasteiger charge is -2.21. The number of oxazole rings is 1. The highest BCUT2D eigenvalue weighted by molar-refractivity contribution is 7.92. The van der Waals surface area contributed by atoms with Crippen molar-refractivity contribution in [1.29, 1.82) is 0 Å². The van der Waals surface area contributed by atoms with E-state index in [1.807, 2.05) is 0 Å². The molecule has 0 fully saturated rings. The number of fused-ring (bicyclic) bond motifs is 2. The van der Waals surface area contributed by atoms with Crippen LogP contribution < -0.4 is 20.1 Å². The normalized spacial score (nSPS) is 11.7. The van der Waals surface area contributed by atoms with E-state index in [-0.39, 0.29) is 45.3 Å². The zero-order valence-corrected chi connectivity index (χ0v) is 25.3. The van der Waals surface area contributed by atoms with Gasteiger partial charge in [-0.15, -0.1) is 0 Å². The molecule has 1 amide bonds. The number of anilines is 2. The Balaban J connectivity index is 1.64. The van der Waals surface area contributed by atoms with Crippen LogP contribution in [0, 0.1) is 11.6 Å². The summed E-state index contributed by atoms with van der Waals surface area (Å²) in [5.74, 6) is -1.04. The van der Waals surface area contributed by atoms with E-state index in [4.69, 9.17) is 19.3 Å². The number of aromatic nitrogens is 1. The number of carbonyl (C=O) groups is 1. The molecule has 3 N–H and O–H groups in total. The summed E-state index contributed by atoms with van der Waals surface area (Å²) in [6.45, 7) is 0. The molecular weight excluding hydrogens is 606 g/mol. The van der Waals surface area contributed by atoms with Gasteiger partial charge >= 0.3 is 0 Å². The average molecular weight is 633 g/mol. The van der Waals surface area contributed by atoms with Crippen molar-refractivity contribution in [1.82, 2.24) is 10.3 Å². The number of amides is 1. The molecule has 0 saturated carbocycles. The zero-order valence-electron chi connectivity index (χ0n) is 24.4. The molecule has 230 valence electrons. The lowest BCUT2D eigenvalue weighted by Crippen LogP contribution is -2.25. The quantitative estimate of drug-likeness (QED) is 0.198. The zero-order chi connectivity index (χ0) is 32.2. The number of rotatable bonds is 7. The summed E-state index contributed by atoms with van der Waals surface area (Å²) >= 11 is 0. The van der Waals surface area contributed by atoms with Gasteiger partial charge in [-0.1, -0.05) is 6.07 Å². The van der Waals surface area contributed by atoms with Crippen molar-refractivity contribution < 1.29 is 35.6 Å². The first-order chi connectivity index (χ1) is 21.4. The molecule has 6 rings (SSSR count). The van der Waals surface area contributed by atoms with Crippen LogP contribution >= 0.6 is 0 Å². The van der Waals surface area contributed by atoms with Crippen molar-refractivity contribution in [3.8, 4) is 39.7 Å². The van der Waals surface area contributed by atoms with E-state index in [9.17, 15) is 22.0 Å². The lowest BCUT2D eigenvalue weighted by molar-refractivity contribution is 0.0964. The summed E-state index contributed by atoms with van der Waals surface area (Å²) in [5, 5.41) is 2.99. The van der Waals surface area contributed by atoms with Crippen molar-refractivity contribution in [3.05, 3.63) is 83.9 Å². The van der Waals surface area contributed by atoms with Gasteiger partial charge in [0, 0.05) is 48.4 Å². The Morgan fingerprint density at radius 3 is 2.36 bits per heavy atom. The van der Waals surface area contributed by atoms with E-state index < -0.39 is 27.6 Å². The number of furan rings is 1. The molecule has 0 aliphatic rings. The summed E-state index contributed by atoms with van der Waals surface area (Å²) in [4.78, 5) is 17.6. The SMILES string of the molecule is CNC(=O)c1c(-c2ccc(F)cc2)oc2cc(N(C)S(C)(=O)=O)c(-c3ccc(OC)c(-c4nc5cc(N)cc(F)c5o4)c3)cc12. The number of hydrogen-bond donors (Lipinski definition) is 2. The van der Waals surface area contributed by atoms with Crippen LogP contribution in [0.5, 0.6) is 5.75 Å². The number of nitrogen functional groups attached to an aromatic ring is 1. The first-order valence-corrected chi connectivity index (χ1v) is 15.3. The summed E-state index contributed by atoms with van der Waals surface area (Å²) in [6, 6.07) is 16.2. The molecule has 0 aliphatic heterocycles. The second-order valence-corrected chi connectivity index (χ2v) is 12.3. The molecule has 0 saturated heterocycles.